The molecule has 0 unspecified atom stereocenters. The average molecular weight is 368 g/mol. The van der Waals surface area contributed by atoms with Gasteiger partial charge in [-0.2, -0.15) is 0 Å². The summed E-state index contributed by atoms with van der Waals surface area (Å²) in [7, 11) is 1.44. The summed E-state index contributed by atoms with van der Waals surface area (Å²) in [6.45, 7) is 3.81. The van der Waals surface area contributed by atoms with Crippen LogP contribution in [0.2, 0.25) is 0 Å². The Kier molecular flexibility index (Phi) is 4.81. The fourth-order valence-electron chi connectivity index (χ4n) is 2.85. The van der Waals surface area contributed by atoms with E-state index in [0.717, 1.165) is 5.57 Å². The van der Waals surface area contributed by atoms with E-state index in [1.54, 1.807) is 0 Å². The van der Waals surface area contributed by atoms with Crippen LogP contribution in [0.25, 0.3) is 22.3 Å². The summed E-state index contributed by atoms with van der Waals surface area (Å²) >= 11 is 0. The van der Waals surface area contributed by atoms with E-state index in [1.165, 1.54) is 37.4 Å². The number of phenolic OH excluding ortho intramolecular Hbond substituents is 3. The molecule has 3 N–H and O–H groups in total. The summed E-state index contributed by atoms with van der Waals surface area (Å²) in [6, 6.07) is 6.89. The molecule has 140 valence electrons. The van der Waals surface area contributed by atoms with E-state index in [9.17, 15) is 20.1 Å². The molecule has 0 fully saturated rings. The van der Waals surface area contributed by atoms with Gasteiger partial charge >= 0.3 is 0 Å². The zero-order valence-corrected chi connectivity index (χ0v) is 15.2. The molecule has 0 amide bonds. The van der Waals surface area contributed by atoms with Crippen molar-refractivity contribution in [2.45, 2.75) is 20.3 Å². The summed E-state index contributed by atoms with van der Waals surface area (Å²) in [5.41, 5.74) is 1.32. The third-order valence-electron chi connectivity index (χ3n) is 4.22. The number of allylic oxidation sites excluding steroid dienone is 2. The molecule has 0 aliphatic carbocycles. The standard InChI is InChI=1S/C21H20O6/c1-11(2)4-6-15-20(25)19-17(24)9-13(26-3)10-18(19)27-21(15)14-7-5-12(22)8-16(14)23/h4-5,7-10,22-24H,6H2,1-3H3. The lowest BCUT2D eigenvalue weighted by atomic mass is 10.00. The number of aromatic hydroxyl groups is 3. The molecule has 0 aliphatic heterocycles. The van der Waals surface area contributed by atoms with Gasteiger partial charge in [0.05, 0.1) is 12.7 Å². The lowest BCUT2D eigenvalue weighted by Crippen LogP contribution is -2.11. The highest BCUT2D eigenvalue weighted by molar-refractivity contribution is 5.88. The number of methoxy groups -OCH3 is 1. The monoisotopic (exact) mass is 368 g/mol. The van der Waals surface area contributed by atoms with Gasteiger partial charge in [-0.25, -0.2) is 0 Å². The maximum Gasteiger partial charge on any atom is 0.200 e. The third kappa shape index (κ3) is 3.46. The van der Waals surface area contributed by atoms with Crippen molar-refractivity contribution in [2.24, 2.45) is 0 Å². The number of rotatable bonds is 4. The molecule has 27 heavy (non-hydrogen) atoms. The van der Waals surface area contributed by atoms with Crippen LogP contribution < -0.4 is 10.2 Å². The first-order valence-corrected chi connectivity index (χ1v) is 8.34. The van der Waals surface area contributed by atoms with Gasteiger partial charge in [0, 0.05) is 23.8 Å². The van der Waals surface area contributed by atoms with Gasteiger partial charge in [0.25, 0.3) is 0 Å². The Hall–Kier alpha value is -3.41. The van der Waals surface area contributed by atoms with E-state index in [-0.39, 0.29) is 46.0 Å². The predicted octanol–water partition coefficient (Wildman–Crippen LogP) is 4.09. The fourth-order valence-corrected chi connectivity index (χ4v) is 2.85. The van der Waals surface area contributed by atoms with Crippen LogP contribution in [-0.2, 0) is 6.42 Å². The van der Waals surface area contributed by atoms with Gasteiger partial charge in [-0.15, -0.1) is 0 Å². The van der Waals surface area contributed by atoms with E-state index in [1.807, 2.05) is 19.9 Å². The number of hydrogen-bond acceptors (Lipinski definition) is 6. The topological polar surface area (TPSA) is 100 Å². The summed E-state index contributed by atoms with van der Waals surface area (Å²) in [4.78, 5) is 13.1. The van der Waals surface area contributed by atoms with Crippen LogP contribution in [0.3, 0.4) is 0 Å². The minimum Gasteiger partial charge on any atom is -0.508 e. The van der Waals surface area contributed by atoms with Crippen LogP contribution in [0.1, 0.15) is 19.4 Å². The van der Waals surface area contributed by atoms with Gasteiger partial charge < -0.3 is 24.5 Å². The second-order valence-electron chi connectivity index (χ2n) is 6.45. The molecule has 0 saturated heterocycles. The quantitative estimate of drug-likeness (QED) is 0.600. The van der Waals surface area contributed by atoms with E-state index >= 15 is 0 Å². The first-order chi connectivity index (χ1) is 12.8. The Morgan fingerprint density at radius 3 is 2.48 bits per heavy atom. The van der Waals surface area contributed by atoms with Crippen molar-refractivity contribution in [1.29, 1.82) is 0 Å². The van der Waals surface area contributed by atoms with Gasteiger partial charge in [0.2, 0.25) is 5.43 Å². The molecule has 0 bridgehead atoms. The first kappa shape index (κ1) is 18.4. The zero-order chi connectivity index (χ0) is 19.7. The first-order valence-electron chi connectivity index (χ1n) is 8.34. The highest BCUT2D eigenvalue weighted by Crippen LogP contribution is 2.37. The van der Waals surface area contributed by atoms with Crippen LogP contribution in [0.4, 0.5) is 0 Å². The van der Waals surface area contributed by atoms with Crippen molar-refractivity contribution in [2.75, 3.05) is 7.11 Å². The lowest BCUT2D eigenvalue weighted by Gasteiger charge is -2.12. The Labute approximate surface area is 155 Å². The lowest BCUT2D eigenvalue weighted by molar-refractivity contribution is 0.408. The van der Waals surface area contributed by atoms with E-state index < -0.39 is 5.43 Å². The smallest absolute Gasteiger partial charge is 0.200 e. The number of phenols is 3. The number of benzene rings is 2. The summed E-state index contributed by atoms with van der Waals surface area (Å²) in [5.74, 6) is -0.0538. The molecule has 2 aromatic carbocycles. The minimum absolute atomic E-state index is 0.0509. The second kappa shape index (κ2) is 7.07. The number of fused-ring (bicyclic) bond motifs is 1. The summed E-state index contributed by atoms with van der Waals surface area (Å²) in [6.07, 6.45) is 2.13. The molecule has 0 spiro atoms. The molecule has 1 aromatic heterocycles. The largest absolute Gasteiger partial charge is 0.508 e. The van der Waals surface area contributed by atoms with Crippen LogP contribution in [0, 0.1) is 0 Å². The maximum atomic E-state index is 13.1. The van der Waals surface area contributed by atoms with Crippen molar-refractivity contribution in [3.05, 3.63) is 57.8 Å². The molecule has 0 radical (unpaired) electrons. The van der Waals surface area contributed by atoms with Gasteiger partial charge in [-0.3, -0.25) is 4.79 Å². The van der Waals surface area contributed by atoms with E-state index in [0.29, 0.717) is 11.3 Å². The Bertz CT molecular complexity index is 1100. The molecule has 0 aliphatic rings. The van der Waals surface area contributed by atoms with Crippen molar-refractivity contribution >= 4 is 11.0 Å². The van der Waals surface area contributed by atoms with Gasteiger partial charge in [0.15, 0.2) is 0 Å². The van der Waals surface area contributed by atoms with Gasteiger partial charge in [-0.05, 0) is 32.4 Å². The van der Waals surface area contributed by atoms with E-state index in [2.05, 4.69) is 0 Å². The molecule has 3 rings (SSSR count). The molecule has 0 atom stereocenters. The van der Waals surface area contributed by atoms with Crippen LogP contribution in [0.15, 0.2) is 51.2 Å². The molecular formula is C21H20O6. The molecular weight excluding hydrogens is 348 g/mol. The maximum absolute atomic E-state index is 13.1. The molecule has 1 heterocycles. The number of hydrogen-bond donors (Lipinski definition) is 3. The van der Waals surface area contributed by atoms with Crippen molar-refractivity contribution < 1.29 is 24.5 Å². The number of ether oxygens (including phenoxy) is 1. The van der Waals surface area contributed by atoms with Crippen LogP contribution in [0.5, 0.6) is 23.0 Å². The zero-order valence-electron chi connectivity index (χ0n) is 15.2. The van der Waals surface area contributed by atoms with Crippen molar-refractivity contribution in [3.63, 3.8) is 0 Å². The molecule has 6 nitrogen and oxygen atoms in total. The van der Waals surface area contributed by atoms with Crippen molar-refractivity contribution in [1.82, 2.24) is 0 Å². The predicted molar refractivity (Wildman–Crippen MR) is 103 cm³/mol. The van der Waals surface area contributed by atoms with Crippen LogP contribution >= 0.6 is 0 Å². The minimum atomic E-state index is -0.392. The fraction of sp³-hybridized carbons (Fsp3) is 0.190. The summed E-state index contributed by atoms with van der Waals surface area (Å²) in [5, 5.41) is 30.1. The van der Waals surface area contributed by atoms with Crippen LogP contribution in [-0.4, -0.2) is 22.4 Å². The Balaban J connectivity index is 2.40. The van der Waals surface area contributed by atoms with Crippen molar-refractivity contribution in [3.8, 4) is 34.3 Å². The highest BCUT2D eigenvalue weighted by atomic mass is 16.5. The van der Waals surface area contributed by atoms with Gasteiger partial charge in [-0.1, -0.05) is 11.6 Å². The SMILES string of the molecule is COc1cc(O)c2c(=O)c(CC=C(C)C)c(-c3ccc(O)cc3O)oc2c1. The summed E-state index contributed by atoms with van der Waals surface area (Å²) < 4.78 is 11.0. The Morgan fingerprint density at radius 2 is 1.85 bits per heavy atom. The van der Waals surface area contributed by atoms with Gasteiger partial charge in [0.1, 0.15) is 39.7 Å². The Morgan fingerprint density at radius 1 is 1.11 bits per heavy atom. The third-order valence-corrected chi connectivity index (χ3v) is 4.22. The average Bonchev–Trinajstić information content (AvgIpc) is 2.60. The molecule has 3 aromatic rings. The second-order valence-corrected chi connectivity index (χ2v) is 6.45. The highest BCUT2D eigenvalue weighted by Gasteiger charge is 2.20. The molecule has 0 saturated carbocycles. The normalized spacial score (nSPS) is 10.8. The molecule has 6 heteroatoms. The van der Waals surface area contributed by atoms with E-state index in [4.69, 9.17) is 9.15 Å².